The summed E-state index contributed by atoms with van der Waals surface area (Å²) < 4.78 is 27.6. The van der Waals surface area contributed by atoms with E-state index in [0.29, 0.717) is 15.6 Å². The van der Waals surface area contributed by atoms with Crippen molar-refractivity contribution in [1.29, 1.82) is 0 Å². The van der Waals surface area contributed by atoms with Gasteiger partial charge in [-0.25, -0.2) is 13.8 Å². The molecule has 0 aliphatic rings. The first-order valence-corrected chi connectivity index (χ1v) is 11.7. The van der Waals surface area contributed by atoms with E-state index >= 15 is 0 Å². The van der Waals surface area contributed by atoms with Gasteiger partial charge in [0.1, 0.15) is 0 Å². The monoisotopic (exact) mass is 490 g/mol. The molecule has 0 unspecified atom stereocenters. The van der Waals surface area contributed by atoms with Crippen LogP contribution in [0.2, 0.25) is 10.0 Å². The first kappa shape index (κ1) is 23.9. The van der Waals surface area contributed by atoms with Crippen LogP contribution in [-0.4, -0.2) is 36.4 Å². The van der Waals surface area contributed by atoms with E-state index in [-0.39, 0.29) is 11.4 Å². The highest BCUT2D eigenvalue weighted by atomic mass is 35.5. The van der Waals surface area contributed by atoms with Gasteiger partial charge in [0.05, 0.1) is 17.7 Å². The minimum Gasteiger partial charge on any atom is -0.272 e. The SMILES string of the molecule is Cc1ccc(S(=O)(=O)N(CC(=O)N/N=C\c2ccncc2)Cc2c(Cl)cccc2Cl)cc1. The number of hydrogen-bond acceptors (Lipinski definition) is 5. The van der Waals surface area contributed by atoms with Gasteiger partial charge in [0.25, 0.3) is 5.91 Å². The van der Waals surface area contributed by atoms with Gasteiger partial charge in [-0.05, 0) is 48.9 Å². The highest BCUT2D eigenvalue weighted by molar-refractivity contribution is 7.89. The van der Waals surface area contributed by atoms with Gasteiger partial charge in [-0.2, -0.15) is 9.41 Å². The first-order chi connectivity index (χ1) is 15.3. The zero-order chi connectivity index (χ0) is 23.1. The molecule has 3 rings (SSSR count). The number of hydrazone groups is 1. The molecule has 0 bridgehead atoms. The van der Waals surface area contributed by atoms with Crippen LogP contribution < -0.4 is 5.43 Å². The summed E-state index contributed by atoms with van der Waals surface area (Å²) in [4.78, 5) is 16.5. The summed E-state index contributed by atoms with van der Waals surface area (Å²) in [6.45, 7) is 1.19. The molecule has 0 saturated carbocycles. The van der Waals surface area contributed by atoms with Crippen molar-refractivity contribution in [3.05, 3.63) is 93.7 Å². The quantitative estimate of drug-likeness (QED) is 0.380. The second-order valence-corrected chi connectivity index (χ2v) is 9.61. The van der Waals surface area contributed by atoms with Crippen LogP contribution in [0.25, 0.3) is 0 Å². The van der Waals surface area contributed by atoms with Crippen LogP contribution in [0.4, 0.5) is 0 Å². The Kier molecular flexibility index (Phi) is 7.98. The van der Waals surface area contributed by atoms with E-state index in [0.717, 1.165) is 15.4 Å². The predicted octanol–water partition coefficient (Wildman–Crippen LogP) is 4.04. The van der Waals surface area contributed by atoms with Crippen molar-refractivity contribution in [1.82, 2.24) is 14.7 Å². The summed E-state index contributed by atoms with van der Waals surface area (Å²) in [5.41, 5.74) is 4.39. The maximum atomic E-state index is 13.3. The molecule has 7 nitrogen and oxygen atoms in total. The lowest BCUT2D eigenvalue weighted by atomic mass is 10.2. The Labute approximate surface area is 196 Å². The van der Waals surface area contributed by atoms with Crippen molar-refractivity contribution >= 4 is 45.3 Å². The average molecular weight is 491 g/mol. The van der Waals surface area contributed by atoms with Gasteiger partial charge in [-0.3, -0.25) is 9.78 Å². The lowest BCUT2D eigenvalue weighted by Gasteiger charge is -2.22. The molecule has 10 heteroatoms. The number of benzene rings is 2. The van der Waals surface area contributed by atoms with Crippen molar-refractivity contribution in [2.75, 3.05) is 6.54 Å². The molecule has 0 spiro atoms. The van der Waals surface area contributed by atoms with E-state index in [2.05, 4.69) is 15.5 Å². The molecular formula is C22H20Cl2N4O3S. The predicted molar refractivity (Wildman–Crippen MR) is 125 cm³/mol. The van der Waals surface area contributed by atoms with E-state index in [9.17, 15) is 13.2 Å². The van der Waals surface area contributed by atoms with E-state index < -0.39 is 22.5 Å². The molecule has 0 aliphatic carbocycles. The van der Waals surface area contributed by atoms with Crippen LogP contribution in [-0.2, 0) is 21.4 Å². The summed E-state index contributed by atoms with van der Waals surface area (Å²) >= 11 is 12.5. The number of amides is 1. The molecule has 1 N–H and O–H groups in total. The smallest absolute Gasteiger partial charge is 0.255 e. The average Bonchev–Trinajstić information content (AvgIpc) is 2.76. The molecule has 1 aromatic heterocycles. The fourth-order valence-corrected chi connectivity index (χ4v) is 4.65. The van der Waals surface area contributed by atoms with Gasteiger partial charge >= 0.3 is 0 Å². The van der Waals surface area contributed by atoms with Gasteiger partial charge in [0, 0.05) is 34.5 Å². The summed E-state index contributed by atoms with van der Waals surface area (Å²) in [5.74, 6) is -0.617. The van der Waals surface area contributed by atoms with Crippen LogP contribution in [0.1, 0.15) is 16.7 Å². The highest BCUT2D eigenvalue weighted by Crippen LogP contribution is 2.28. The van der Waals surface area contributed by atoms with Gasteiger partial charge in [-0.1, -0.05) is 47.0 Å². The van der Waals surface area contributed by atoms with Crippen molar-refractivity contribution in [3.8, 4) is 0 Å². The van der Waals surface area contributed by atoms with E-state index in [1.807, 2.05) is 6.92 Å². The summed E-state index contributed by atoms with van der Waals surface area (Å²) in [7, 11) is -4.03. The molecule has 0 atom stereocenters. The minimum atomic E-state index is -4.03. The maximum absolute atomic E-state index is 13.3. The number of aryl methyl sites for hydroxylation is 1. The molecule has 0 fully saturated rings. The fourth-order valence-electron chi connectivity index (χ4n) is 2.77. The molecule has 32 heavy (non-hydrogen) atoms. The zero-order valence-electron chi connectivity index (χ0n) is 17.1. The molecule has 3 aromatic rings. The Morgan fingerprint density at radius 3 is 2.31 bits per heavy atom. The van der Waals surface area contributed by atoms with Crippen LogP contribution in [0.5, 0.6) is 0 Å². The number of carbonyl (C=O) groups excluding carboxylic acids is 1. The van der Waals surface area contributed by atoms with Gasteiger partial charge in [-0.15, -0.1) is 0 Å². The largest absolute Gasteiger partial charge is 0.272 e. The standard InChI is InChI=1S/C22H20Cl2N4O3S/c1-16-5-7-18(8-6-16)32(30,31)28(14-19-20(23)3-2-4-21(19)24)15-22(29)27-26-13-17-9-11-25-12-10-17/h2-13H,14-15H2,1H3,(H,27,29)/b26-13-. The van der Waals surface area contributed by atoms with Gasteiger partial charge < -0.3 is 0 Å². The lowest BCUT2D eigenvalue weighted by molar-refractivity contribution is -0.121. The Hall–Kier alpha value is -2.78. The topological polar surface area (TPSA) is 91.7 Å². The molecule has 0 radical (unpaired) electrons. The number of pyridine rings is 1. The minimum absolute atomic E-state index is 0.0550. The Morgan fingerprint density at radius 2 is 1.69 bits per heavy atom. The number of nitrogens with zero attached hydrogens (tertiary/aromatic N) is 3. The van der Waals surface area contributed by atoms with Crippen LogP contribution in [0, 0.1) is 6.92 Å². The highest BCUT2D eigenvalue weighted by Gasteiger charge is 2.28. The zero-order valence-corrected chi connectivity index (χ0v) is 19.4. The number of halogens is 2. The molecule has 0 saturated heterocycles. The van der Waals surface area contributed by atoms with Crippen LogP contribution in [0.3, 0.4) is 0 Å². The van der Waals surface area contributed by atoms with E-state index in [1.54, 1.807) is 54.9 Å². The number of nitrogens with one attached hydrogen (secondary N) is 1. The third kappa shape index (κ3) is 6.14. The Bertz CT molecular complexity index is 1200. The number of hydrogen-bond donors (Lipinski definition) is 1. The number of rotatable bonds is 8. The Balaban J connectivity index is 1.85. The normalized spacial score (nSPS) is 11.8. The van der Waals surface area contributed by atoms with Crippen molar-refractivity contribution in [3.63, 3.8) is 0 Å². The van der Waals surface area contributed by atoms with Gasteiger partial charge in [0.15, 0.2) is 0 Å². The second kappa shape index (κ2) is 10.7. The molecule has 1 amide bonds. The third-order valence-corrected chi connectivity index (χ3v) is 7.00. The number of aromatic nitrogens is 1. The fraction of sp³-hybridized carbons (Fsp3) is 0.136. The summed E-state index contributed by atoms with van der Waals surface area (Å²) in [6.07, 6.45) is 4.61. The number of sulfonamides is 1. The second-order valence-electron chi connectivity index (χ2n) is 6.86. The third-order valence-electron chi connectivity index (χ3n) is 4.48. The summed E-state index contributed by atoms with van der Waals surface area (Å²) in [5, 5.41) is 4.48. The van der Waals surface area contributed by atoms with Crippen LogP contribution in [0.15, 0.2) is 77.0 Å². The van der Waals surface area contributed by atoms with Crippen LogP contribution >= 0.6 is 23.2 Å². The molecular weight excluding hydrogens is 471 g/mol. The first-order valence-electron chi connectivity index (χ1n) is 9.49. The summed E-state index contributed by atoms with van der Waals surface area (Å²) in [6, 6.07) is 14.7. The van der Waals surface area contributed by atoms with Gasteiger partial charge in [0.2, 0.25) is 10.0 Å². The molecule has 166 valence electrons. The Morgan fingerprint density at radius 1 is 1.06 bits per heavy atom. The lowest BCUT2D eigenvalue weighted by Crippen LogP contribution is -2.39. The maximum Gasteiger partial charge on any atom is 0.255 e. The molecule has 1 heterocycles. The van der Waals surface area contributed by atoms with Crippen molar-refractivity contribution in [2.45, 2.75) is 18.4 Å². The molecule has 2 aromatic carbocycles. The molecule has 0 aliphatic heterocycles. The number of carbonyl (C=O) groups is 1. The van der Waals surface area contributed by atoms with E-state index in [1.165, 1.54) is 18.3 Å². The van der Waals surface area contributed by atoms with E-state index in [4.69, 9.17) is 23.2 Å². The van der Waals surface area contributed by atoms with Crippen molar-refractivity contribution in [2.24, 2.45) is 5.10 Å². The van der Waals surface area contributed by atoms with Crippen molar-refractivity contribution < 1.29 is 13.2 Å².